The fourth-order valence-corrected chi connectivity index (χ4v) is 3.21. The number of carbonyl (C=O) groups is 1. The Balaban J connectivity index is 1.57. The molecule has 0 saturated carbocycles. The van der Waals surface area contributed by atoms with Crippen molar-refractivity contribution in [1.82, 2.24) is 5.32 Å². The maximum absolute atomic E-state index is 12.2. The van der Waals surface area contributed by atoms with E-state index in [2.05, 4.69) is 29.6 Å². The van der Waals surface area contributed by atoms with Crippen molar-refractivity contribution in [3.63, 3.8) is 0 Å². The van der Waals surface area contributed by atoms with Crippen LogP contribution in [-0.4, -0.2) is 5.91 Å². The molecule has 0 aliphatic heterocycles. The van der Waals surface area contributed by atoms with Crippen LogP contribution in [0.5, 0.6) is 0 Å². The Kier molecular flexibility index (Phi) is 4.79. The van der Waals surface area contributed by atoms with Gasteiger partial charge in [0, 0.05) is 11.4 Å². The van der Waals surface area contributed by atoms with Crippen molar-refractivity contribution in [2.45, 2.75) is 38.1 Å². The van der Waals surface area contributed by atoms with Gasteiger partial charge in [0.05, 0.1) is 6.04 Å². The summed E-state index contributed by atoms with van der Waals surface area (Å²) in [7, 11) is 0. The first-order valence-corrected chi connectivity index (χ1v) is 8.22. The molecule has 0 saturated heterocycles. The van der Waals surface area contributed by atoms with Crippen LogP contribution in [0.3, 0.4) is 0 Å². The minimum Gasteiger partial charge on any atom is -0.349 e. The van der Waals surface area contributed by atoms with Crippen molar-refractivity contribution < 1.29 is 4.79 Å². The minimum absolute atomic E-state index is 0.122. The highest BCUT2D eigenvalue weighted by Gasteiger charge is 2.20. The molecule has 0 fully saturated rings. The van der Waals surface area contributed by atoms with E-state index in [1.807, 2.05) is 24.3 Å². The zero-order valence-corrected chi connectivity index (χ0v) is 13.3. The van der Waals surface area contributed by atoms with Crippen LogP contribution in [0.1, 0.15) is 42.0 Å². The van der Waals surface area contributed by atoms with E-state index >= 15 is 0 Å². The highest BCUT2D eigenvalue weighted by atomic mass is 35.5. The number of hydrogen-bond donors (Lipinski definition) is 1. The number of rotatable bonds is 4. The van der Waals surface area contributed by atoms with Crippen molar-refractivity contribution in [1.29, 1.82) is 0 Å². The van der Waals surface area contributed by atoms with Crippen molar-refractivity contribution >= 4 is 17.5 Å². The summed E-state index contributed by atoms with van der Waals surface area (Å²) >= 11 is 5.87. The van der Waals surface area contributed by atoms with Gasteiger partial charge in [0.15, 0.2) is 0 Å². The van der Waals surface area contributed by atoms with Crippen molar-refractivity contribution in [2.24, 2.45) is 0 Å². The molecule has 0 bridgehead atoms. The van der Waals surface area contributed by atoms with Gasteiger partial charge in [-0.15, -0.1) is 0 Å². The molecule has 22 heavy (non-hydrogen) atoms. The van der Waals surface area contributed by atoms with Gasteiger partial charge >= 0.3 is 0 Å². The molecule has 0 spiro atoms. The molecule has 1 amide bonds. The number of amides is 1. The lowest BCUT2D eigenvalue weighted by atomic mass is 9.87. The Bertz CT molecular complexity index is 651. The van der Waals surface area contributed by atoms with Crippen molar-refractivity contribution in [3.05, 3.63) is 70.2 Å². The fourth-order valence-electron chi connectivity index (χ4n) is 3.08. The third-order valence-corrected chi connectivity index (χ3v) is 4.51. The SMILES string of the molecule is O=C(CCc1ccc(Cl)cc1)NC1CCCc2ccccc21. The smallest absolute Gasteiger partial charge is 0.220 e. The summed E-state index contributed by atoms with van der Waals surface area (Å²) in [5, 5.41) is 3.92. The first kappa shape index (κ1) is 15.1. The van der Waals surface area contributed by atoms with Crippen LogP contribution in [0.25, 0.3) is 0 Å². The van der Waals surface area contributed by atoms with Gasteiger partial charge in [-0.25, -0.2) is 0 Å². The number of aryl methyl sites for hydroxylation is 2. The molecular weight excluding hydrogens is 294 g/mol. The van der Waals surface area contributed by atoms with Crippen LogP contribution < -0.4 is 5.32 Å². The molecule has 2 aromatic carbocycles. The zero-order chi connectivity index (χ0) is 15.4. The van der Waals surface area contributed by atoms with E-state index in [4.69, 9.17) is 11.6 Å². The van der Waals surface area contributed by atoms with E-state index < -0.39 is 0 Å². The molecule has 1 atom stereocenters. The van der Waals surface area contributed by atoms with E-state index in [9.17, 15) is 4.79 Å². The third-order valence-electron chi connectivity index (χ3n) is 4.26. The van der Waals surface area contributed by atoms with Gasteiger partial charge in [-0.1, -0.05) is 48.0 Å². The molecule has 2 nitrogen and oxygen atoms in total. The van der Waals surface area contributed by atoms with Gasteiger partial charge in [-0.05, 0) is 54.5 Å². The number of benzene rings is 2. The molecule has 0 heterocycles. The van der Waals surface area contributed by atoms with Crippen LogP contribution in [0, 0.1) is 0 Å². The summed E-state index contributed by atoms with van der Waals surface area (Å²) in [6.07, 6.45) is 4.55. The average Bonchev–Trinajstić information content (AvgIpc) is 2.55. The van der Waals surface area contributed by atoms with E-state index in [-0.39, 0.29) is 11.9 Å². The molecule has 0 aromatic heterocycles. The number of fused-ring (bicyclic) bond motifs is 1. The summed E-state index contributed by atoms with van der Waals surface area (Å²) in [5.41, 5.74) is 3.80. The normalized spacial score (nSPS) is 16.9. The lowest BCUT2D eigenvalue weighted by Gasteiger charge is -2.26. The largest absolute Gasteiger partial charge is 0.349 e. The Morgan fingerprint density at radius 1 is 1.14 bits per heavy atom. The van der Waals surface area contributed by atoms with E-state index in [1.54, 1.807) is 0 Å². The molecule has 1 unspecified atom stereocenters. The molecule has 3 heteroatoms. The molecule has 0 radical (unpaired) electrons. The van der Waals surface area contributed by atoms with E-state index in [0.717, 1.165) is 36.3 Å². The van der Waals surface area contributed by atoms with Crippen LogP contribution >= 0.6 is 11.6 Å². The second kappa shape index (κ2) is 6.97. The predicted molar refractivity (Wildman–Crippen MR) is 90.0 cm³/mol. The number of halogens is 1. The Hall–Kier alpha value is -1.80. The Morgan fingerprint density at radius 2 is 1.91 bits per heavy atom. The second-order valence-electron chi connectivity index (χ2n) is 5.84. The zero-order valence-electron chi connectivity index (χ0n) is 12.5. The van der Waals surface area contributed by atoms with Gasteiger partial charge in [-0.2, -0.15) is 0 Å². The summed E-state index contributed by atoms with van der Waals surface area (Å²) in [6.45, 7) is 0. The summed E-state index contributed by atoms with van der Waals surface area (Å²) in [4.78, 5) is 12.2. The van der Waals surface area contributed by atoms with Crippen LogP contribution in [0.4, 0.5) is 0 Å². The molecule has 1 aliphatic rings. The first-order valence-electron chi connectivity index (χ1n) is 7.84. The maximum atomic E-state index is 12.2. The van der Waals surface area contributed by atoms with Crippen LogP contribution in [0.15, 0.2) is 48.5 Å². The second-order valence-corrected chi connectivity index (χ2v) is 6.27. The molecule has 3 rings (SSSR count). The van der Waals surface area contributed by atoms with Crippen LogP contribution in [-0.2, 0) is 17.6 Å². The van der Waals surface area contributed by atoms with Gasteiger partial charge in [-0.3, -0.25) is 4.79 Å². The molecule has 1 aliphatic carbocycles. The van der Waals surface area contributed by atoms with Crippen LogP contribution in [0.2, 0.25) is 5.02 Å². The quantitative estimate of drug-likeness (QED) is 0.886. The summed E-state index contributed by atoms with van der Waals surface area (Å²) in [5.74, 6) is 0.122. The Labute approximate surface area is 136 Å². The van der Waals surface area contributed by atoms with Crippen molar-refractivity contribution in [2.75, 3.05) is 0 Å². The summed E-state index contributed by atoms with van der Waals surface area (Å²) in [6, 6.07) is 16.3. The lowest BCUT2D eigenvalue weighted by Crippen LogP contribution is -2.31. The Morgan fingerprint density at radius 3 is 2.73 bits per heavy atom. The monoisotopic (exact) mass is 313 g/mol. The summed E-state index contributed by atoms with van der Waals surface area (Å²) < 4.78 is 0. The van der Waals surface area contributed by atoms with Gasteiger partial charge in [0.2, 0.25) is 5.91 Å². The maximum Gasteiger partial charge on any atom is 0.220 e. The minimum atomic E-state index is 0.122. The fraction of sp³-hybridized carbons (Fsp3) is 0.316. The van der Waals surface area contributed by atoms with Gasteiger partial charge < -0.3 is 5.32 Å². The predicted octanol–water partition coefficient (Wildman–Crippen LogP) is 4.47. The average molecular weight is 314 g/mol. The van der Waals surface area contributed by atoms with Gasteiger partial charge in [0.25, 0.3) is 0 Å². The standard InChI is InChI=1S/C19H20ClNO/c20-16-11-8-14(9-12-16)10-13-19(22)21-18-7-3-5-15-4-1-2-6-17(15)18/h1-2,4,6,8-9,11-12,18H,3,5,7,10,13H2,(H,21,22). The molecular formula is C19H20ClNO. The lowest BCUT2D eigenvalue weighted by molar-refractivity contribution is -0.121. The molecule has 1 N–H and O–H groups in total. The first-order chi connectivity index (χ1) is 10.7. The van der Waals surface area contributed by atoms with E-state index in [0.29, 0.717) is 6.42 Å². The number of carbonyl (C=O) groups excluding carboxylic acids is 1. The highest BCUT2D eigenvalue weighted by Crippen LogP contribution is 2.29. The van der Waals surface area contributed by atoms with Crippen molar-refractivity contribution in [3.8, 4) is 0 Å². The molecule has 114 valence electrons. The number of nitrogens with one attached hydrogen (secondary N) is 1. The topological polar surface area (TPSA) is 29.1 Å². The highest BCUT2D eigenvalue weighted by molar-refractivity contribution is 6.30. The third kappa shape index (κ3) is 3.69. The van der Waals surface area contributed by atoms with Gasteiger partial charge in [0.1, 0.15) is 0 Å². The molecule has 2 aromatic rings. The van der Waals surface area contributed by atoms with E-state index in [1.165, 1.54) is 11.1 Å². The number of hydrogen-bond acceptors (Lipinski definition) is 1.